The summed E-state index contributed by atoms with van der Waals surface area (Å²) in [5, 5.41) is 0. The fourth-order valence-electron chi connectivity index (χ4n) is 1.20. The summed E-state index contributed by atoms with van der Waals surface area (Å²) in [5.41, 5.74) is -0.116. The molecule has 0 aliphatic carbocycles. The number of hydrogen-bond donors (Lipinski definition) is 0. The number of rotatable bonds is 6. The van der Waals surface area contributed by atoms with Crippen molar-refractivity contribution in [3.63, 3.8) is 0 Å². The highest BCUT2D eigenvalue weighted by molar-refractivity contribution is 5.98. The quantitative estimate of drug-likeness (QED) is 0.422. The second-order valence-corrected chi connectivity index (χ2v) is 2.95. The van der Waals surface area contributed by atoms with E-state index < -0.39 is 18.0 Å². The number of aromatic nitrogens is 1. The van der Waals surface area contributed by atoms with Crippen molar-refractivity contribution in [3.8, 4) is 0 Å². The Balaban J connectivity index is 2.85. The van der Waals surface area contributed by atoms with Crippen LogP contribution >= 0.6 is 0 Å². The summed E-state index contributed by atoms with van der Waals surface area (Å²) in [4.78, 5) is 15.2. The lowest BCUT2D eigenvalue weighted by molar-refractivity contribution is -0.107. The van der Waals surface area contributed by atoms with E-state index in [-0.39, 0.29) is 5.56 Å². The molecule has 0 atom stereocenters. The maximum atomic E-state index is 13.2. The lowest BCUT2D eigenvalue weighted by Crippen LogP contribution is -2.28. The number of Topliss-reactive ketones (excluding diaryl/α,β-unsaturated/α-hetero) is 1. The van der Waals surface area contributed by atoms with Crippen LogP contribution in [0.5, 0.6) is 0 Å². The lowest BCUT2D eigenvalue weighted by atomic mass is 10.2. The number of nitrogens with zero attached hydrogens (tertiary/aromatic N) is 1. The monoisotopic (exact) mass is 227 g/mol. The van der Waals surface area contributed by atoms with Crippen molar-refractivity contribution in [3.05, 3.63) is 29.8 Å². The molecule has 0 unspecified atom stereocenters. The Morgan fingerprint density at radius 3 is 2.56 bits per heavy atom. The van der Waals surface area contributed by atoms with Crippen molar-refractivity contribution in [2.24, 2.45) is 0 Å². The molecule has 4 nitrogen and oxygen atoms in total. The molecule has 88 valence electrons. The molecule has 0 fully saturated rings. The maximum Gasteiger partial charge on any atom is 0.223 e. The summed E-state index contributed by atoms with van der Waals surface area (Å²) in [5.74, 6) is -1.36. The van der Waals surface area contributed by atoms with Crippen LogP contribution in [-0.2, 0) is 9.47 Å². The molecule has 0 N–H and O–H groups in total. The number of carbonyl (C=O) groups excluding carboxylic acids is 1. The molecule has 0 aromatic carbocycles. The Morgan fingerprint density at radius 1 is 1.44 bits per heavy atom. The van der Waals surface area contributed by atoms with Gasteiger partial charge in [0.05, 0.1) is 5.56 Å². The number of carbonyl (C=O) groups is 1. The Labute approximate surface area is 93.4 Å². The Morgan fingerprint density at radius 2 is 2.06 bits per heavy atom. The molecule has 0 spiro atoms. The average molecular weight is 227 g/mol. The van der Waals surface area contributed by atoms with Crippen LogP contribution in [0.25, 0.3) is 0 Å². The molecule has 1 aromatic heterocycles. The molecule has 1 rings (SSSR count). The third kappa shape index (κ3) is 3.08. The molecule has 0 saturated carbocycles. The highest BCUT2D eigenvalue weighted by atomic mass is 19.1. The van der Waals surface area contributed by atoms with Gasteiger partial charge in [0.2, 0.25) is 18.0 Å². The molecule has 1 heterocycles. The summed E-state index contributed by atoms with van der Waals surface area (Å²) < 4.78 is 23.4. The van der Waals surface area contributed by atoms with E-state index >= 15 is 0 Å². The van der Waals surface area contributed by atoms with Crippen LogP contribution in [0.4, 0.5) is 4.39 Å². The summed E-state index contributed by atoms with van der Waals surface area (Å²) in [6, 6.07) is 2.85. The van der Waals surface area contributed by atoms with Crippen molar-refractivity contribution in [2.75, 3.05) is 13.2 Å². The Hall–Kier alpha value is -1.33. The van der Waals surface area contributed by atoms with Crippen molar-refractivity contribution >= 4 is 5.78 Å². The second kappa shape index (κ2) is 6.30. The zero-order chi connectivity index (χ0) is 12.0. The molecule has 0 saturated heterocycles. The minimum atomic E-state index is -1.06. The van der Waals surface area contributed by atoms with E-state index in [2.05, 4.69) is 4.98 Å². The second-order valence-electron chi connectivity index (χ2n) is 2.95. The van der Waals surface area contributed by atoms with Crippen LogP contribution < -0.4 is 0 Å². The summed E-state index contributed by atoms with van der Waals surface area (Å²) >= 11 is 0. The molecule has 0 aliphatic heterocycles. The fraction of sp³-hybridized carbons (Fsp3) is 0.455. The van der Waals surface area contributed by atoms with Gasteiger partial charge in [0.25, 0.3) is 0 Å². The minimum absolute atomic E-state index is 0.116. The van der Waals surface area contributed by atoms with Crippen LogP contribution in [0.1, 0.15) is 24.2 Å². The zero-order valence-electron chi connectivity index (χ0n) is 9.27. The van der Waals surface area contributed by atoms with Crippen LogP contribution in [0.15, 0.2) is 18.3 Å². The molecular formula is C11H14FNO3. The first-order chi connectivity index (χ1) is 7.70. The van der Waals surface area contributed by atoms with Gasteiger partial charge in [-0.1, -0.05) is 0 Å². The van der Waals surface area contributed by atoms with Gasteiger partial charge in [-0.25, -0.2) is 4.98 Å². The largest absolute Gasteiger partial charge is 0.346 e. The predicted octanol–water partition coefficient (Wildman–Crippen LogP) is 1.80. The van der Waals surface area contributed by atoms with E-state index in [1.165, 1.54) is 18.3 Å². The van der Waals surface area contributed by atoms with Gasteiger partial charge in [0, 0.05) is 19.4 Å². The van der Waals surface area contributed by atoms with E-state index in [9.17, 15) is 9.18 Å². The first-order valence-corrected chi connectivity index (χ1v) is 5.08. The van der Waals surface area contributed by atoms with Gasteiger partial charge in [0.1, 0.15) is 0 Å². The molecule has 0 bridgehead atoms. The highest BCUT2D eigenvalue weighted by Crippen LogP contribution is 2.10. The van der Waals surface area contributed by atoms with Gasteiger partial charge in [0.15, 0.2) is 0 Å². The highest BCUT2D eigenvalue weighted by Gasteiger charge is 2.23. The predicted molar refractivity (Wildman–Crippen MR) is 55.6 cm³/mol. The fourth-order valence-corrected chi connectivity index (χ4v) is 1.20. The van der Waals surface area contributed by atoms with E-state index in [0.717, 1.165) is 0 Å². The van der Waals surface area contributed by atoms with E-state index in [4.69, 9.17) is 9.47 Å². The third-order valence-electron chi connectivity index (χ3n) is 1.87. The molecular weight excluding hydrogens is 213 g/mol. The van der Waals surface area contributed by atoms with Crippen molar-refractivity contribution < 1.29 is 18.7 Å². The van der Waals surface area contributed by atoms with Crippen LogP contribution in [0.2, 0.25) is 0 Å². The minimum Gasteiger partial charge on any atom is -0.346 e. The van der Waals surface area contributed by atoms with E-state index in [1.54, 1.807) is 13.8 Å². The van der Waals surface area contributed by atoms with Gasteiger partial charge in [-0.3, -0.25) is 4.79 Å². The molecule has 1 aromatic rings. The van der Waals surface area contributed by atoms with E-state index in [0.29, 0.717) is 13.2 Å². The first-order valence-electron chi connectivity index (χ1n) is 5.08. The SMILES string of the molecule is CCOC(OCC)C(=O)c1cccnc1F. The van der Waals surface area contributed by atoms with Gasteiger partial charge in [-0.15, -0.1) is 0 Å². The van der Waals surface area contributed by atoms with Gasteiger partial charge < -0.3 is 9.47 Å². The topological polar surface area (TPSA) is 48.4 Å². The Bertz CT molecular complexity index is 351. The summed E-state index contributed by atoms with van der Waals surface area (Å²) in [6.07, 6.45) is 0.219. The van der Waals surface area contributed by atoms with Crippen molar-refractivity contribution in [1.29, 1.82) is 0 Å². The first kappa shape index (κ1) is 12.7. The zero-order valence-corrected chi connectivity index (χ0v) is 9.27. The maximum absolute atomic E-state index is 13.2. The lowest BCUT2D eigenvalue weighted by Gasteiger charge is -2.15. The molecule has 0 radical (unpaired) electrons. The smallest absolute Gasteiger partial charge is 0.223 e. The number of ether oxygens (including phenoxy) is 2. The Kier molecular flexibility index (Phi) is 5.01. The van der Waals surface area contributed by atoms with Crippen molar-refractivity contribution in [2.45, 2.75) is 20.1 Å². The molecule has 5 heteroatoms. The standard InChI is InChI=1S/C11H14FNO3/c1-3-15-11(16-4-2)9(14)8-6-5-7-13-10(8)12/h5-7,11H,3-4H2,1-2H3. The normalized spacial score (nSPS) is 10.8. The van der Waals surface area contributed by atoms with Crippen LogP contribution in [-0.4, -0.2) is 30.3 Å². The van der Waals surface area contributed by atoms with Crippen molar-refractivity contribution in [1.82, 2.24) is 4.98 Å². The van der Waals surface area contributed by atoms with Gasteiger partial charge in [-0.05, 0) is 26.0 Å². The molecule has 0 amide bonds. The van der Waals surface area contributed by atoms with Gasteiger partial charge >= 0.3 is 0 Å². The summed E-state index contributed by atoms with van der Waals surface area (Å²) in [7, 11) is 0. The average Bonchev–Trinajstić information content (AvgIpc) is 2.28. The summed E-state index contributed by atoms with van der Waals surface area (Å²) in [6.45, 7) is 4.11. The number of hydrogen-bond acceptors (Lipinski definition) is 4. The van der Waals surface area contributed by atoms with Crippen LogP contribution in [0, 0.1) is 5.95 Å². The number of pyridine rings is 1. The van der Waals surface area contributed by atoms with Crippen LogP contribution in [0.3, 0.4) is 0 Å². The molecule has 0 aliphatic rings. The van der Waals surface area contributed by atoms with E-state index in [1.807, 2.05) is 0 Å². The van der Waals surface area contributed by atoms with Gasteiger partial charge in [-0.2, -0.15) is 4.39 Å². The number of ketones is 1. The molecule has 16 heavy (non-hydrogen) atoms. The number of halogens is 1. The third-order valence-corrected chi connectivity index (χ3v) is 1.87.